The molecule has 1 saturated carbocycles. The highest BCUT2D eigenvalue weighted by Crippen LogP contribution is 2.29. The van der Waals surface area contributed by atoms with E-state index in [1.165, 1.54) is 19.3 Å². The van der Waals surface area contributed by atoms with Crippen molar-refractivity contribution in [1.29, 1.82) is 0 Å². The summed E-state index contributed by atoms with van der Waals surface area (Å²) in [6, 6.07) is 1.69. The molecule has 1 aliphatic rings. The first-order valence-corrected chi connectivity index (χ1v) is 7.05. The van der Waals surface area contributed by atoms with Crippen molar-refractivity contribution in [2.75, 3.05) is 11.9 Å². The average Bonchev–Trinajstić information content (AvgIpc) is 2.30. The van der Waals surface area contributed by atoms with E-state index in [1.54, 1.807) is 12.3 Å². The summed E-state index contributed by atoms with van der Waals surface area (Å²) in [5.74, 6) is 1.18. The second-order valence-electron chi connectivity index (χ2n) is 4.43. The third kappa shape index (κ3) is 3.64. The topological polar surface area (TPSA) is 24.9 Å². The summed E-state index contributed by atoms with van der Waals surface area (Å²) in [4.78, 5) is 4.17. The molecule has 0 amide bonds. The zero-order valence-corrected chi connectivity index (χ0v) is 11.7. The van der Waals surface area contributed by atoms with E-state index in [4.69, 9.17) is 34.8 Å². The van der Waals surface area contributed by atoms with Crippen LogP contribution in [0.3, 0.4) is 0 Å². The summed E-state index contributed by atoms with van der Waals surface area (Å²) in [6.07, 6.45) is 6.37. The quantitative estimate of drug-likeness (QED) is 0.824. The molecule has 1 heterocycles. The van der Waals surface area contributed by atoms with Gasteiger partial charge in [-0.2, -0.15) is 0 Å². The lowest BCUT2D eigenvalue weighted by Gasteiger charge is -2.27. The Morgan fingerprint density at radius 1 is 1.29 bits per heavy atom. The van der Waals surface area contributed by atoms with E-state index >= 15 is 0 Å². The number of halogens is 3. The summed E-state index contributed by atoms with van der Waals surface area (Å²) in [7, 11) is 0. The smallest absolute Gasteiger partial charge is 0.144 e. The molecule has 94 valence electrons. The summed E-state index contributed by atoms with van der Waals surface area (Å²) in [6.45, 7) is 0.822. The summed E-state index contributed by atoms with van der Waals surface area (Å²) < 4.78 is 0. The number of alkyl halides is 1. The molecule has 0 bridgehead atoms. The maximum atomic E-state index is 6.30. The van der Waals surface area contributed by atoms with Gasteiger partial charge in [0.2, 0.25) is 0 Å². The Morgan fingerprint density at radius 3 is 2.76 bits per heavy atom. The minimum atomic E-state index is 0.266. The molecular weight excluding hydrogens is 279 g/mol. The summed E-state index contributed by atoms with van der Waals surface area (Å²) >= 11 is 18.1. The van der Waals surface area contributed by atoms with Crippen LogP contribution >= 0.6 is 34.8 Å². The van der Waals surface area contributed by atoms with Gasteiger partial charge in [-0.3, -0.25) is 0 Å². The molecule has 0 radical (unpaired) electrons. The van der Waals surface area contributed by atoms with Gasteiger partial charge in [0.05, 0.1) is 10.0 Å². The Kier molecular flexibility index (Phi) is 4.78. The standard InChI is InChI=1S/C12H15Cl3N2/c13-9-5-11(15)12(17-7-9)16-6-8-3-1-2-4-10(8)14/h5,7-8,10H,1-4,6H2,(H,16,17). The second-order valence-corrected chi connectivity index (χ2v) is 5.83. The normalized spacial score (nSPS) is 24.6. The number of nitrogens with one attached hydrogen (secondary N) is 1. The lowest BCUT2D eigenvalue weighted by Crippen LogP contribution is -2.27. The molecule has 5 heteroatoms. The van der Waals surface area contributed by atoms with E-state index in [0.29, 0.717) is 21.8 Å². The van der Waals surface area contributed by atoms with Crippen LogP contribution < -0.4 is 5.32 Å². The fraction of sp³-hybridized carbons (Fsp3) is 0.583. The fourth-order valence-corrected chi connectivity index (χ4v) is 2.98. The van der Waals surface area contributed by atoms with Crippen molar-refractivity contribution >= 4 is 40.6 Å². The van der Waals surface area contributed by atoms with Crippen LogP contribution in [0, 0.1) is 5.92 Å². The van der Waals surface area contributed by atoms with Gasteiger partial charge >= 0.3 is 0 Å². The third-order valence-electron chi connectivity index (χ3n) is 3.16. The molecule has 0 aromatic carbocycles. The second kappa shape index (κ2) is 6.12. The van der Waals surface area contributed by atoms with Gasteiger partial charge in [-0.25, -0.2) is 4.98 Å². The lowest BCUT2D eigenvalue weighted by molar-refractivity contribution is 0.380. The highest BCUT2D eigenvalue weighted by atomic mass is 35.5. The molecular formula is C12H15Cl3N2. The first-order chi connectivity index (χ1) is 8.16. The van der Waals surface area contributed by atoms with Crippen molar-refractivity contribution in [2.45, 2.75) is 31.1 Å². The van der Waals surface area contributed by atoms with Gasteiger partial charge in [0.1, 0.15) is 5.82 Å². The zero-order valence-electron chi connectivity index (χ0n) is 9.43. The summed E-state index contributed by atoms with van der Waals surface area (Å²) in [5.41, 5.74) is 0. The molecule has 2 nitrogen and oxygen atoms in total. The van der Waals surface area contributed by atoms with E-state index in [0.717, 1.165) is 13.0 Å². The van der Waals surface area contributed by atoms with Gasteiger partial charge in [0.15, 0.2) is 0 Å². The van der Waals surface area contributed by atoms with Crippen LogP contribution in [0.25, 0.3) is 0 Å². The van der Waals surface area contributed by atoms with Crippen LogP contribution in [0.2, 0.25) is 10.0 Å². The molecule has 17 heavy (non-hydrogen) atoms. The lowest BCUT2D eigenvalue weighted by atomic mass is 9.89. The van der Waals surface area contributed by atoms with E-state index in [-0.39, 0.29) is 5.38 Å². The number of hydrogen-bond donors (Lipinski definition) is 1. The monoisotopic (exact) mass is 292 g/mol. The Hall–Kier alpha value is -0.180. The van der Waals surface area contributed by atoms with Gasteiger partial charge in [-0.15, -0.1) is 11.6 Å². The zero-order chi connectivity index (χ0) is 12.3. The van der Waals surface area contributed by atoms with Crippen LogP contribution in [0.5, 0.6) is 0 Å². The number of nitrogens with zero attached hydrogens (tertiary/aromatic N) is 1. The maximum absolute atomic E-state index is 6.30. The molecule has 1 aliphatic carbocycles. The van der Waals surface area contributed by atoms with Gasteiger partial charge < -0.3 is 5.32 Å². The number of anilines is 1. The van der Waals surface area contributed by atoms with Crippen LogP contribution in [-0.4, -0.2) is 16.9 Å². The molecule has 1 aromatic rings. The largest absolute Gasteiger partial charge is 0.369 e. The first-order valence-electron chi connectivity index (χ1n) is 5.86. The van der Waals surface area contributed by atoms with E-state index in [2.05, 4.69) is 10.3 Å². The Morgan fingerprint density at radius 2 is 2.06 bits per heavy atom. The summed E-state index contributed by atoms with van der Waals surface area (Å²) in [5, 5.41) is 4.62. The number of aromatic nitrogens is 1. The van der Waals surface area contributed by atoms with Crippen molar-refractivity contribution in [1.82, 2.24) is 4.98 Å². The Bertz CT molecular complexity index is 384. The van der Waals surface area contributed by atoms with Crippen molar-refractivity contribution < 1.29 is 0 Å². The van der Waals surface area contributed by atoms with Crippen molar-refractivity contribution in [3.05, 3.63) is 22.3 Å². The molecule has 0 aliphatic heterocycles. The van der Waals surface area contributed by atoms with Crippen LogP contribution in [-0.2, 0) is 0 Å². The molecule has 1 N–H and O–H groups in total. The van der Waals surface area contributed by atoms with E-state index < -0.39 is 0 Å². The van der Waals surface area contributed by atoms with Gasteiger partial charge in [-0.05, 0) is 24.8 Å². The van der Waals surface area contributed by atoms with Crippen molar-refractivity contribution in [2.24, 2.45) is 5.92 Å². The predicted octanol–water partition coefficient (Wildman–Crippen LogP) is 4.60. The molecule has 1 aromatic heterocycles. The van der Waals surface area contributed by atoms with Gasteiger partial charge in [0, 0.05) is 18.1 Å². The van der Waals surface area contributed by atoms with E-state index in [1.807, 2.05) is 0 Å². The molecule has 2 atom stereocenters. The number of pyridine rings is 1. The minimum absolute atomic E-state index is 0.266. The highest BCUT2D eigenvalue weighted by molar-refractivity contribution is 6.35. The first kappa shape index (κ1) is 13.3. The van der Waals surface area contributed by atoms with Gasteiger partial charge in [-0.1, -0.05) is 36.0 Å². The molecule has 2 rings (SSSR count). The van der Waals surface area contributed by atoms with Gasteiger partial charge in [0.25, 0.3) is 0 Å². The molecule has 2 unspecified atom stereocenters. The maximum Gasteiger partial charge on any atom is 0.144 e. The Balaban J connectivity index is 1.92. The average molecular weight is 294 g/mol. The van der Waals surface area contributed by atoms with Crippen LogP contribution in [0.15, 0.2) is 12.3 Å². The van der Waals surface area contributed by atoms with Crippen LogP contribution in [0.1, 0.15) is 25.7 Å². The fourth-order valence-electron chi connectivity index (χ4n) is 2.16. The molecule has 0 spiro atoms. The molecule has 0 saturated heterocycles. The van der Waals surface area contributed by atoms with Crippen molar-refractivity contribution in [3.8, 4) is 0 Å². The molecule has 1 fully saturated rings. The SMILES string of the molecule is Clc1cnc(NCC2CCCCC2Cl)c(Cl)c1. The number of rotatable bonds is 3. The van der Waals surface area contributed by atoms with Crippen LogP contribution in [0.4, 0.5) is 5.82 Å². The predicted molar refractivity (Wildman–Crippen MR) is 74.3 cm³/mol. The number of hydrogen-bond acceptors (Lipinski definition) is 2. The van der Waals surface area contributed by atoms with Crippen molar-refractivity contribution in [3.63, 3.8) is 0 Å². The van der Waals surface area contributed by atoms with E-state index in [9.17, 15) is 0 Å². The third-order valence-corrected chi connectivity index (χ3v) is 4.23. The highest BCUT2D eigenvalue weighted by Gasteiger charge is 2.23. The minimum Gasteiger partial charge on any atom is -0.369 e. The Labute approximate surface area is 117 Å².